The van der Waals surface area contributed by atoms with Crippen LogP contribution in [0, 0.1) is 0 Å². The number of aromatic nitrogens is 1. The zero-order valence-electron chi connectivity index (χ0n) is 20.9. The number of hydrogen-bond acceptors (Lipinski definition) is 5. The highest BCUT2D eigenvalue weighted by Gasteiger charge is 2.37. The summed E-state index contributed by atoms with van der Waals surface area (Å²) in [6.45, 7) is 6.29. The number of carbonyl (C=O) groups excluding carboxylic acids is 2. The number of pyridine rings is 1. The van der Waals surface area contributed by atoms with E-state index in [2.05, 4.69) is 28.5 Å². The van der Waals surface area contributed by atoms with Crippen molar-refractivity contribution < 1.29 is 19.4 Å². The Morgan fingerprint density at radius 1 is 1.00 bits per heavy atom. The number of hydrogen-bond donors (Lipinski definition) is 2. The highest BCUT2D eigenvalue weighted by Crippen LogP contribution is 2.38. The van der Waals surface area contributed by atoms with E-state index in [1.54, 1.807) is 23.2 Å². The number of nitrogens with zero attached hydrogens (tertiary/aromatic N) is 2. The maximum atomic E-state index is 13.1. The molecule has 3 aromatic rings. The predicted octanol–water partition coefficient (Wildman–Crippen LogP) is 5.12. The molecule has 2 heterocycles. The molecule has 1 fully saturated rings. The van der Waals surface area contributed by atoms with Crippen LogP contribution < -0.4 is 5.32 Å². The van der Waals surface area contributed by atoms with Crippen LogP contribution in [0.25, 0.3) is 11.1 Å². The number of aliphatic hydroxyl groups is 1. The van der Waals surface area contributed by atoms with Crippen LogP contribution in [0.1, 0.15) is 60.7 Å². The van der Waals surface area contributed by atoms with Gasteiger partial charge < -0.3 is 20.1 Å². The molecule has 0 spiro atoms. The second-order valence-electron chi connectivity index (χ2n) is 10.6. The Morgan fingerprint density at radius 2 is 1.72 bits per heavy atom. The van der Waals surface area contributed by atoms with Crippen LogP contribution in [0.3, 0.4) is 0 Å². The lowest BCUT2D eigenvalue weighted by Gasteiger charge is -2.38. The second-order valence-corrected chi connectivity index (χ2v) is 10.6. The SMILES string of the molecule is CC(C)(C)OC(=O)N1CCC(O)(c2ccc(NC(=O)c3cccc4c3Cc3ccccc3-4)nc2)CC1. The molecule has 0 atom stereocenters. The van der Waals surface area contributed by atoms with Gasteiger partial charge in [0.25, 0.3) is 5.91 Å². The van der Waals surface area contributed by atoms with Gasteiger partial charge in [0.2, 0.25) is 0 Å². The van der Waals surface area contributed by atoms with E-state index in [0.29, 0.717) is 42.9 Å². The highest BCUT2D eigenvalue weighted by atomic mass is 16.6. The number of ether oxygens (including phenoxy) is 1. The smallest absolute Gasteiger partial charge is 0.410 e. The van der Waals surface area contributed by atoms with E-state index in [1.807, 2.05) is 45.0 Å². The van der Waals surface area contributed by atoms with Crippen LogP contribution >= 0.6 is 0 Å². The molecule has 2 aromatic carbocycles. The third-order valence-electron chi connectivity index (χ3n) is 6.88. The third-order valence-corrected chi connectivity index (χ3v) is 6.88. The monoisotopic (exact) mass is 485 g/mol. The second kappa shape index (κ2) is 9.06. The molecule has 0 radical (unpaired) electrons. The van der Waals surface area contributed by atoms with Gasteiger partial charge in [-0.15, -0.1) is 0 Å². The molecule has 0 bridgehead atoms. The summed E-state index contributed by atoms with van der Waals surface area (Å²) >= 11 is 0. The molecule has 1 saturated heterocycles. The molecule has 7 heteroatoms. The van der Waals surface area contributed by atoms with Crippen molar-refractivity contribution in [3.8, 4) is 11.1 Å². The van der Waals surface area contributed by atoms with E-state index in [0.717, 1.165) is 17.5 Å². The summed E-state index contributed by atoms with van der Waals surface area (Å²) < 4.78 is 5.44. The van der Waals surface area contributed by atoms with Crippen molar-refractivity contribution in [3.63, 3.8) is 0 Å². The van der Waals surface area contributed by atoms with Gasteiger partial charge in [-0.3, -0.25) is 4.79 Å². The number of nitrogens with one attached hydrogen (secondary N) is 1. The minimum atomic E-state index is -1.08. The van der Waals surface area contributed by atoms with Crippen molar-refractivity contribution in [2.45, 2.75) is 51.2 Å². The topological polar surface area (TPSA) is 91.8 Å². The first-order chi connectivity index (χ1) is 17.1. The van der Waals surface area contributed by atoms with Crippen LogP contribution in [-0.2, 0) is 16.8 Å². The minimum Gasteiger partial charge on any atom is -0.444 e. The number of anilines is 1. The van der Waals surface area contributed by atoms with Crippen molar-refractivity contribution >= 4 is 17.8 Å². The van der Waals surface area contributed by atoms with Crippen molar-refractivity contribution in [3.05, 3.63) is 83.0 Å². The number of benzene rings is 2. The van der Waals surface area contributed by atoms with E-state index in [-0.39, 0.29) is 12.0 Å². The molecule has 186 valence electrons. The molecule has 5 rings (SSSR count). The van der Waals surface area contributed by atoms with Crippen molar-refractivity contribution in [1.29, 1.82) is 0 Å². The lowest BCUT2D eigenvalue weighted by Crippen LogP contribution is -2.46. The fourth-order valence-electron chi connectivity index (χ4n) is 4.97. The molecule has 2 amide bonds. The standard InChI is InChI=1S/C29H31N3O4/c1-28(2,3)36-27(34)32-15-13-29(35,14-16-32)20-11-12-25(30-18-20)31-26(33)23-10-6-9-22-21-8-5-4-7-19(21)17-24(22)23/h4-12,18,35H,13-17H2,1-3H3,(H,30,31,33). The third kappa shape index (κ3) is 4.71. The Bertz CT molecular complexity index is 1300. The summed E-state index contributed by atoms with van der Waals surface area (Å²) in [6, 6.07) is 17.5. The zero-order chi connectivity index (χ0) is 25.5. The van der Waals surface area contributed by atoms with Crippen LogP contribution in [-0.4, -0.2) is 45.7 Å². The molecular formula is C29H31N3O4. The largest absolute Gasteiger partial charge is 0.444 e. The fourth-order valence-corrected chi connectivity index (χ4v) is 4.97. The maximum absolute atomic E-state index is 13.1. The van der Waals surface area contributed by atoms with Gasteiger partial charge in [-0.1, -0.05) is 42.5 Å². The zero-order valence-corrected chi connectivity index (χ0v) is 20.9. The Hall–Kier alpha value is -3.71. The maximum Gasteiger partial charge on any atom is 0.410 e. The van der Waals surface area contributed by atoms with Crippen molar-refractivity contribution in [2.24, 2.45) is 0 Å². The summed E-state index contributed by atoms with van der Waals surface area (Å²) in [6.07, 6.45) is 2.74. The summed E-state index contributed by atoms with van der Waals surface area (Å²) in [5, 5.41) is 14.1. The first-order valence-electron chi connectivity index (χ1n) is 12.3. The van der Waals surface area contributed by atoms with E-state index < -0.39 is 11.2 Å². The number of fused-ring (bicyclic) bond motifs is 3. The molecular weight excluding hydrogens is 454 g/mol. The number of likely N-dealkylation sites (tertiary alicyclic amines) is 1. The molecule has 7 nitrogen and oxygen atoms in total. The first-order valence-corrected chi connectivity index (χ1v) is 12.3. The first kappa shape index (κ1) is 24.0. The summed E-state index contributed by atoms with van der Waals surface area (Å²) in [4.78, 5) is 31.5. The molecule has 36 heavy (non-hydrogen) atoms. The van der Waals surface area contributed by atoms with E-state index in [4.69, 9.17) is 4.74 Å². The lowest BCUT2D eigenvalue weighted by atomic mass is 9.85. The molecule has 2 N–H and O–H groups in total. The fraction of sp³-hybridized carbons (Fsp3) is 0.345. The van der Waals surface area contributed by atoms with Gasteiger partial charge in [-0.25, -0.2) is 9.78 Å². The van der Waals surface area contributed by atoms with Gasteiger partial charge in [-0.2, -0.15) is 0 Å². The normalized spacial score (nSPS) is 16.2. The summed E-state index contributed by atoms with van der Waals surface area (Å²) in [5.74, 6) is 0.218. The predicted molar refractivity (Wildman–Crippen MR) is 138 cm³/mol. The van der Waals surface area contributed by atoms with Gasteiger partial charge in [0.05, 0.1) is 5.60 Å². The van der Waals surface area contributed by atoms with Crippen LogP contribution in [0.2, 0.25) is 0 Å². The van der Waals surface area contributed by atoms with Crippen LogP contribution in [0.4, 0.5) is 10.6 Å². The average molecular weight is 486 g/mol. The molecule has 1 aliphatic heterocycles. The van der Waals surface area contributed by atoms with Crippen LogP contribution in [0.5, 0.6) is 0 Å². The van der Waals surface area contributed by atoms with Gasteiger partial charge >= 0.3 is 6.09 Å². The number of piperidine rings is 1. The Kier molecular flexibility index (Phi) is 6.04. The highest BCUT2D eigenvalue weighted by molar-refractivity contribution is 6.06. The van der Waals surface area contributed by atoms with E-state index in [1.165, 1.54) is 11.1 Å². The van der Waals surface area contributed by atoms with Gasteiger partial charge in [0.15, 0.2) is 0 Å². The van der Waals surface area contributed by atoms with Crippen molar-refractivity contribution in [2.75, 3.05) is 18.4 Å². The van der Waals surface area contributed by atoms with E-state index in [9.17, 15) is 14.7 Å². The molecule has 0 unspecified atom stereocenters. The Balaban J connectivity index is 1.24. The number of carbonyl (C=O) groups is 2. The summed E-state index contributed by atoms with van der Waals surface area (Å²) in [7, 11) is 0. The van der Waals surface area contributed by atoms with E-state index >= 15 is 0 Å². The average Bonchev–Trinajstić information content (AvgIpc) is 3.22. The van der Waals surface area contributed by atoms with Gasteiger partial charge in [0.1, 0.15) is 11.4 Å². The molecule has 1 aliphatic carbocycles. The van der Waals surface area contributed by atoms with Crippen molar-refractivity contribution in [1.82, 2.24) is 9.88 Å². The van der Waals surface area contributed by atoms with Gasteiger partial charge in [0, 0.05) is 30.4 Å². The Labute approximate surface area is 211 Å². The summed E-state index contributed by atoms with van der Waals surface area (Å²) in [5.41, 5.74) is 4.19. The Morgan fingerprint density at radius 3 is 2.42 bits per heavy atom. The van der Waals surface area contributed by atoms with Gasteiger partial charge in [-0.05, 0) is 74.4 Å². The quantitative estimate of drug-likeness (QED) is 0.420. The minimum absolute atomic E-state index is 0.204. The molecule has 1 aromatic heterocycles. The van der Waals surface area contributed by atoms with Crippen LogP contribution in [0.15, 0.2) is 60.8 Å². The molecule has 2 aliphatic rings. The lowest BCUT2D eigenvalue weighted by molar-refractivity contribution is -0.0358. The number of rotatable bonds is 3. The number of amides is 2. The molecule has 0 saturated carbocycles.